The van der Waals surface area contributed by atoms with Gasteiger partial charge in [-0.2, -0.15) is 0 Å². The highest BCUT2D eigenvalue weighted by Crippen LogP contribution is 2.44. The summed E-state index contributed by atoms with van der Waals surface area (Å²) < 4.78 is 4.42. The van der Waals surface area contributed by atoms with Gasteiger partial charge in [-0.15, -0.1) is 0 Å². The fourth-order valence-corrected chi connectivity index (χ4v) is 3.59. The van der Waals surface area contributed by atoms with Crippen LogP contribution in [0.2, 0.25) is 0 Å². The Morgan fingerprint density at radius 2 is 1.95 bits per heavy atom. The summed E-state index contributed by atoms with van der Waals surface area (Å²) in [6.45, 7) is 0. The van der Waals surface area contributed by atoms with Gasteiger partial charge in [0, 0.05) is 26.5 Å². The van der Waals surface area contributed by atoms with Crippen LogP contribution in [-0.4, -0.2) is 4.98 Å². The Morgan fingerprint density at radius 3 is 2.89 bits per heavy atom. The maximum absolute atomic E-state index is 4.54. The van der Waals surface area contributed by atoms with Crippen LogP contribution >= 0.6 is 27.9 Å². The number of halogens is 1. The van der Waals surface area contributed by atoms with Crippen molar-refractivity contribution in [1.29, 1.82) is 0 Å². The van der Waals surface area contributed by atoms with Crippen molar-refractivity contribution >= 4 is 44.5 Å². The number of nitrogens with one attached hydrogen (secondary N) is 1. The molecule has 3 aromatic rings. The highest BCUT2D eigenvalue weighted by atomic mass is 79.9. The smallest absolute Gasteiger partial charge is 0.0949 e. The second-order valence-electron chi connectivity index (χ2n) is 4.41. The second-order valence-corrected chi connectivity index (χ2v) is 6.18. The first kappa shape index (κ1) is 11.3. The molecule has 1 N–H and O–H groups in total. The fourth-order valence-electron chi connectivity index (χ4n) is 2.39. The van der Waals surface area contributed by atoms with Crippen molar-refractivity contribution in [2.24, 2.45) is 0 Å². The van der Waals surface area contributed by atoms with E-state index in [1.54, 1.807) is 11.9 Å². The number of hydrogen-bond donors (Lipinski definition) is 1. The van der Waals surface area contributed by atoms with Crippen LogP contribution in [0.25, 0.3) is 22.0 Å². The van der Waals surface area contributed by atoms with E-state index in [2.05, 4.69) is 68.1 Å². The molecule has 0 aliphatic carbocycles. The van der Waals surface area contributed by atoms with E-state index in [1.165, 1.54) is 16.0 Å². The number of aromatic nitrogens is 1. The van der Waals surface area contributed by atoms with Gasteiger partial charge < -0.3 is 4.72 Å². The van der Waals surface area contributed by atoms with Crippen molar-refractivity contribution in [2.45, 2.75) is 4.90 Å². The van der Waals surface area contributed by atoms with Crippen molar-refractivity contribution in [2.75, 3.05) is 4.72 Å². The number of benzene rings is 2. The molecule has 1 aliphatic rings. The topological polar surface area (TPSA) is 24.9 Å². The van der Waals surface area contributed by atoms with E-state index in [4.69, 9.17) is 0 Å². The SMILES string of the molecule is Brc1cnc2c3c(ccc2c1)-c1ccccc1SN3. The highest BCUT2D eigenvalue weighted by molar-refractivity contribution is 9.10. The van der Waals surface area contributed by atoms with Gasteiger partial charge in [-0.1, -0.05) is 30.3 Å². The summed E-state index contributed by atoms with van der Waals surface area (Å²) in [5.74, 6) is 0. The molecular formula is C15H9BrN2S. The van der Waals surface area contributed by atoms with Crippen LogP contribution in [0.4, 0.5) is 5.69 Å². The molecule has 0 spiro atoms. The minimum atomic E-state index is 1.00. The minimum absolute atomic E-state index is 1.00. The molecular weight excluding hydrogens is 320 g/mol. The molecule has 0 atom stereocenters. The first-order valence-electron chi connectivity index (χ1n) is 5.93. The Balaban J connectivity index is 2.06. The number of anilines is 1. The van der Waals surface area contributed by atoms with E-state index in [9.17, 15) is 0 Å². The predicted octanol–water partition coefficient (Wildman–Crippen LogP) is 5.10. The molecule has 0 fully saturated rings. The summed E-state index contributed by atoms with van der Waals surface area (Å²) in [7, 11) is 0. The van der Waals surface area contributed by atoms with Crippen LogP contribution in [0.5, 0.6) is 0 Å². The lowest BCUT2D eigenvalue weighted by molar-refractivity contribution is 1.37. The monoisotopic (exact) mass is 328 g/mol. The first-order valence-corrected chi connectivity index (χ1v) is 7.54. The molecule has 0 unspecified atom stereocenters. The summed E-state index contributed by atoms with van der Waals surface area (Å²) in [6, 6.07) is 14.8. The van der Waals surface area contributed by atoms with Crippen molar-refractivity contribution in [3.63, 3.8) is 0 Å². The maximum atomic E-state index is 4.54. The third-order valence-electron chi connectivity index (χ3n) is 3.26. The quantitative estimate of drug-likeness (QED) is 0.581. The molecule has 1 aliphatic heterocycles. The average molecular weight is 329 g/mol. The zero-order valence-corrected chi connectivity index (χ0v) is 12.3. The van der Waals surface area contributed by atoms with Crippen molar-refractivity contribution in [3.05, 3.63) is 53.1 Å². The molecule has 0 saturated heterocycles. The molecule has 1 aromatic heterocycles. The summed E-state index contributed by atoms with van der Waals surface area (Å²) in [5, 5.41) is 1.14. The van der Waals surface area contributed by atoms with Crippen LogP contribution in [-0.2, 0) is 0 Å². The fraction of sp³-hybridized carbons (Fsp3) is 0. The predicted molar refractivity (Wildman–Crippen MR) is 84.4 cm³/mol. The third-order valence-corrected chi connectivity index (χ3v) is 4.58. The first-order chi connectivity index (χ1) is 9.33. The molecule has 2 heterocycles. The van der Waals surface area contributed by atoms with E-state index in [0.29, 0.717) is 0 Å². The lowest BCUT2D eigenvalue weighted by Crippen LogP contribution is -2.00. The summed E-state index contributed by atoms with van der Waals surface area (Å²) in [6.07, 6.45) is 1.84. The second kappa shape index (κ2) is 4.25. The van der Waals surface area contributed by atoms with E-state index in [1.807, 2.05) is 6.20 Å². The van der Waals surface area contributed by atoms with E-state index < -0.39 is 0 Å². The number of fused-ring (bicyclic) bond motifs is 5. The van der Waals surface area contributed by atoms with Crippen LogP contribution in [0.1, 0.15) is 0 Å². The van der Waals surface area contributed by atoms with Crippen molar-refractivity contribution < 1.29 is 0 Å². The maximum Gasteiger partial charge on any atom is 0.0949 e. The third kappa shape index (κ3) is 1.75. The summed E-state index contributed by atoms with van der Waals surface area (Å²) >= 11 is 5.11. The number of hydrogen-bond acceptors (Lipinski definition) is 3. The van der Waals surface area contributed by atoms with Crippen LogP contribution in [0, 0.1) is 0 Å². The Hall–Kier alpha value is -1.52. The number of nitrogens with zero attached hydrogens (tertiary/aromatic N) is 1. The molecule has 4 heteroatoms. The van der Waals surface area contributed by atoms with Gasteiger partial charge in [0.05, 0.1) is 11.2 Å². The molecule has 0 bridgehead atoms. The van der Waals surface area contributed by atoms with Gasteiger partial charge in [0.1, 0.15) is 0 Å². The van der Waals surface area contributed by atoms with Crippen molar-refractivity contribution in [3.8, 4) is 11.1 Å². The molecule has 4 rings (SSSR count). The minimum Gasteiger partial charge on any atom is -0.323 e. The number of pyridine rings is 1. The lowest BCUT2D eigenvalue weighted by atomic mass is 10.0. The van der Waals surface area contributed by atoms with E-state index in [0.717, 1.165) is 21.1 Å². The van der Waals surface area contributed by atoms with E-state index >= 15 is 0 Å². The van der Waals surface area contributed by atoms with Gasteiger partial charge in [-0.25, -0.2) is 0 Å². The standard InChI is InChI=1S/C15H9BrN2S/c16-10-7-9-5-6-12-11-3-1-2-4-13(11)19-18-15(12)14(9)17-8-10/h1-8,18H. The van der Waals surface area contributed by atoms with Gasteiger partial charge in [0.2, 0.25) is 0 Å². The van der Waals surface area contributed by atoms with Gasteiger partial charge in [-0.05, 0) is 45.6 Å². The summed E-state index contributed by atoms with van der Waals surface area (Å²) in [4.78, 5) is 5.80. The molecule has 2 aromatic carbocycles. The zero-order valence-electron chi connectivity index (χ0n) is 9.85. The van der Waals surface area contributed by atoms with Gasteiger partial charge in [0.15, 0.2) is 0 Å². The Morgan fingerprint density at radius 1 is 1.05 bits per heavy atom. The summed E-state index contributed by atoms with van der Waals surface area (Å²) in [5.41, 5.74) is 4.61. The molecule has 0 amide bonds. The van der Waals surface area contributed by atoms with Crippen LogP contribution < -0.4 is 4.72 Å². The van der Waals surface area contributed by atoms with Gasteiger partial charge in [0.25, 0.3) is 0 Å². The molecule has 19 heavy (non-hydrogen) atoms. The van der Waals surface area contributed by atoms with Crippen LogP contribution in [0.15, 0.2) is 58.0 Å². The number of rotatable bonds is 0. The lowest BCUT2D eigenvalue weighted by Gasteiger charge is -2.21. The Bertz CT molecular complexity index is 801. The molecule has 0 saturated carbocycles. The van der Waals surface area contributed by atoms with Gasteiger partial charge >= 0.3 is 0 Å². The average Bonchev–Trinajstić information content (AvgIpc) is 2.46. The normalized spacial score (nSPS) is 12.7. The highest BCUT2D eigenvalue weighted by Gasteiger charge is 2.18. The molecule has 2 nitrogen and oxygen atoms in total. The van der Waals surface area contributed by atoms with Gasteiger partial charge in [-0.3, -0.25) is 4.98 Å². The van der Waals surface area contributed by atoms with E-state index in [-0.39, 0.29) is 0 Å². The zero-order chi connectivity index (χ0) is 12.8. The van der Waals surface area contributed by atoms with Crippen molar-refractivity contribution in [1.82, 2.24) is 4.98 Å². The largest absolute Gasteiger partial charge is 0.323 e. The molecule has 92 valence electrons. The Labute approximate surface area is 123 Å². The van der Waals surface area contributed by atoms with Crippen LogP contribution in [0.3, 0.4) is 0 Å². The Kier molecular flexibility index (Phi) is 2.53. The molecule has 0 radical (unpaired) electrons.